The summed E-state index contributed by atoms with van der Waals surface area (Å²) in [6.07, 6.45) is -0.248. The van der Waals surface area contributed by atoms with E-state index in [2.05, 4.69) is 4.85 Å². The molecule has 0 radical (unpaired) electrons. The Morgan fingerprint density at radius 3 is 2.59 bits per heavy atom. The van der Waals surface area contributed by atoms with Crippen molar-refractivity contribution in [2.45, 2.75) is 31.1 Å². The number of carbonyl (C=O) groups is 1. The average Bonchev–Trinajstić information content (AvgIpc) is 2.99. The Morgan fingerprint density at radius 1 is 1.36 bits per heavy atom. The third-order valence-corrected chi connectivity index (χ3v) is 4.36. The second-order valence-electron chi connectivity index (χ2n) is 5.04. The minimum absolute atomic E-state index is 0.130. The number of benzene rings is 1. The maximum absolute atomic E-state index is 10.9. The molecule has 0 saturated carbocycles. The summed E-state index contributed by atoms with van der Waals surface area (Å²) in [4.78, 5) is 14.7. The molecule has 1 atom stereocenters. The van der Waals surface area contributed by atoms with E-state index >= 15 is 0 Å². The van der Waals surface area contributed by atoms with Gasteiger partial charge in [0.2, 0.25) is 0 Å². The molecule has 1 aromatic rings. The first kappa shape index (κ1) is 17.0. The van der Waals surface area contributed by atoms with Crippen LogP contribution in [-0.2, 0) is 19.8 Å². The molecule has 1 heterocycles. The van der Waals surface area contributed by atoms with E-state index < -0.39 is 17.8 Å². The first-order chi connectivity index (χ1) is 10.5. The number of hydrogen-bond donors (Lipinski definition) is 1. The van der Waals surface area contributed by atoms with Gasteiger partial charge in [-0.1, -0.05) is 23.2 Å². The zero-order chi connectivity index (χ0) is 16.2. The monoisotopic (exact) mass is 343 g/mol. The van der Waals surface area contributed by atoms with E-state index in [0.29, 0.717) is 28.8 Å². The molecule has 1 aliphatic heterocycles. The van der Waals surface area contributed by atoms with Gasteiger partial charge < -0.3 is 19.4 Å². The fraction of sp³-hybridized carbons (Fsp3) is 0.467. The quantitative estimate of drug-likeness (QED) is 0.799. The van der Waals surface area contributed by atoms with Crippen LogP contribution in [0.4, 0.5) is 0 Å². The lowest BCUT2D eigenvalue weighted by atomic mass is 9.83. The molecule has 1 aromatic carbocycles. The smallest absolute Gasteiger partial charge is 0.303 e. The van der Waals surface area contributed by atoms with E-state index in [1.807, 2.05) is 0 Å². The van der Waals surface area contributed by atoms with E-state index in [1.54, 1.807) is 18.2 Å². The lowest BCUT2D eigenvalue weighted by Gasteiger charge is -2.24. The highest BCUT2D eigenvalue weighted by molar-refractivity contribution is 6.42. The van der Waals surface area contributed by atoms with Gasteiger partial charge in [-0.15, -0.1) is 0 Å². The first-order valence-electron chi connectivity index (χ1n) is 6.76. The number of ether oxygens (including phenoxy) is 2. The van der Waals surface area contributed by atoms with Gasteiger partial charge in [-0.3, -0.25) is 4.79 Å². The maximum Gasteiger partial charge on any atom is 0.303 e. The summed E-state index contributed by atoms with van der Waals surface area (Å²) in [5.41, 5.74) is -0.445. The van der Waals surface area contributed by atoms with Crippen molar-refractivity contribution >= 4 is 29.2 Å². The van der Waals surface area contributed by atoms with E-state index in [-0.39, 0.29) is 19.3 Å². The summed E-state index contributed by atoms with van der Waals surface area (Å²) in [6.45, 7) is 8.57. The van der Waals surface area contributed by atoms with Crippen LogP contribution in [0.2, 0.25) is 10.0 Å². The zero-order valence-electron chi connectivity index (χ0n) is 11.7. The number of halogens is 2. The van der Waals surface area contributed by atoms with Crippen LogP contribution in [0.15, 0.2) is 18.2 Å². The van der Waals surface area contributed by atoms with Crippen LogP contribution in [0.5, 0.6) is 0 Å². The number of rotatable bonds is 6. The molecule has 22 heavy (non-hydrogen) atoms. The van der Waals surface area contributed by atoms with Crippen molar-refractivity contribution in [2.24, 2.45) is 0 Å². The standard InChI is InChI=1S/C15H15Cl2NO4/c1-18-15(5-4-13(19)20,9-14-21-6-7-22-14)10-2-3-11(16)12(17)8-10/h2-3,8,14H,4-7,9H2,(H,19,20)/t15-/m0/s1. The highest BCUT2D eigenvalue weighted by Gasteiger charge is 2.43. The maximum atomic E-state index is 10.9. The zero-order valence-corrected chi connectivity index (χ0v) is 13.2. The largest absolute Gasteiger partial charge is 0.481 e. The van der Waals surface area contributed by atoms with Crippen LogP contribution in [0, 0.1) is 6.57 Å². The van der Waals surface area contributed by atoms with E-state index in [4.69, 9.17) is 44.4 Å². The highest BCUT2D eigenvalue weighted by Crippen LogP contribution is 2.39. The lowest BCUT2D eigenvalue weighted by molar-refractivity contribution is -0.137. The molecule has 0 spiro atoms. The molecule has 0 aliphatic carbocycles. The van der Waals surface area contributed by atoms with Gasteiger partial charge in [0.15, 0.2) is 6.29 Å². The number of nitrogens with zero attached hydrogens (tertiary/aromatic N) is 1. The van der Waals surface area contributed by atoms with Crippen LogP contribution in [0.25, 0.3) is 4.85 Å². The predicted octanol–water partition coefficient (Wildman–Crippen LogP) is 3.74. The van der Waals surface area contributed by atoms with Crippen molar-refractivity contribution in [1.29, 1.82) is 0 Å². The van der Waals surface area contributed by atoms with Gasteiger partial charge in [0.1, 0.15) is 0 Å². The first-order valence-corrected chi connectivity index (χ1v) is 7.51. The van der Waals surface area contributed by atoms with Gasteiger partial charge >= 0.3 is 5.97 Å². The van der Waals surface area contributed by atoms with Crippen LogP contribution in [0.1, 0.15) is 24.8 Å². The lowest BCUT2D eigenvalue weighted by Crippen LogP contribution is -2.29. The molecular formula is C15H15Cl2NO4. The molecule has 118 valence electrons. The number of carboxylic acids is 1. The van der Waals surface area contributed by atoms with Gasteiger partial charge in [0.25, 0.3) is 5.54 Å². The number of hydrogen-bond acceptors (Lipinski definition) is 3. The molecule has 1 aliphatic rings. The van der Waals surface area contributed by atoms with Crippen molar-refractivity contribution in [3.8, 4) is 0 Å². The molecule has 1 N–H and O–H groups in total. The fourth-order valence-electron chi connectivity index (χ4n) is 2.43. The summed E-state index contributed by atoms with van der Waals surface area (Å²) in [7, 11) is 0. The molecular weight excluding hydrogens is 329 g/mol. The van der Waals surface area contributed by atoms with Crippen LogP contribution < -0.4 is 0 Å². The van der Waals surface area contributed by atoms with Gasteiger partial charge in [-0.25, -0.2) is 6.57 Å². The molecule has 1 saturated heterocycles. The normalized spacial score (nSPS) is 17.9. The molecule has 1 fully saturated rings. The Labute approximate surface area is 138 Å². The van der Waals surface area contributed by atoms with Crippen molar-refractivity contribution in [3.63, 3.8) is 0 Å². The summed E-state index contributed by atoms with van der Waals surface area (Å²) in [6, 6.07) is 4.91. The van der Waals surface area contributed by atoms with E-state index in [9.17, 15) is 4.79 Å². The van der Waals surface area contributed by atoms with E-state index in [0.717, 1.165) is 0 Å². The van der Waals surface area contributed by atoms with Crippen LogP contribution in [-0.4, -0.2) is 30.6 Å². The van der Waals surface area contributed by atoms with Gasteiger partial charge in [0.05, 0.1) is 36.1 Å². The Hall–Kier alpha value is -1.32. The fourth-order valence-corrected chi connectivity index (χ4v) is 2.73. The molecule has 7 heteroatoms. The van der Waals surface area contributed by atoms with Crippen molar-refractivity contribution in [1.82, 2.24) is 0 Å². The van der Waals surface area contributed by atoms with Crippen LogP contribution >= 0.6 is 23.2 Å². The summed E-state index contributed by atoms with van der Waals surface area (Å²) in [5, 5.41) is 9.68. The summed E-state index contributed by atoms with van der Waals surface area (Å²) < 4.78 is 10.8. The molecule has 0 amide bonds. The second-order valence-corrected chi connectivity index (χ2v) is 5.86. The Kier molecular flexibility index (Phi) is 5.65. The van der Waals surface area contributed by atoms with Gasteiger partial charge in [-0.2, -0.15) is 0 Å². The molecule has 2 rings (SSSR count). The third-order valence-electron chi connectivity index (χ3n) is 3.62. The Balaban J connectivity index is 2.34. The minimum Gasteiger partial charge on any atom is -0.481 e. The Bertz CT molecular complexity index is 596. The molecule has 5 nitrogen and oxygen atoms in total. The number of aliphatic carboxylic acids is 1. The van der Waals surface area contributed by atoms with Gasteiger partial charge in [0, 0.05) is 12.0 Å². The van der Waals surface area contributed by atoms with Crippen molar-refractivity contribution < 1.29 is 19.4 Å². The van der Waals surface area contributed by atoms with Crippen molar-refractivity contribution in [2.75, 3.05) is 13.2 Å². The third kappa shape index (κ3) is 3.90. The SMILES string of the molecule is [C-]#[N+][C@@](CCC(=O)O)(CC1OCCO1)c1ccc(Cl)c(Cl)c1. The Morgan fingerprint density at radius 2 is 2.05 bits per heavy atom. The average molecular weight is 344 g/mol. The minimum atomic E-state index is -1.07. The predicted molar refractivity (Wildman–Crippen MR) is 81.9 cm³/mol. The second kappa shape index (κ2) is 7.30. The number of carboxylic acid groups (broad SMARTS) is 1. The van der Waals surface area contributed by atoms with Crippen LogP contribution in [0.3, 0.4) is 0 Å². The van der Waals surface area contributed by atoms with Gasteiger partial charge in [-0.05, 0) is 18.2 Å². The van der Waals surface area contributed by atoms with E-state index in [1.165, 1.54) is 0 Å². The van der Waals surface area contributed by atoms with Crippen molar-refractivity contribution in [3.05, 3.63) is 45.2 Å². The highest BCUT2D eigenvalue weighted by atomic mass is 35.5. The summed E-state index contributed by atoms with van der Waals surface area (Å²) >= 11 is 12.0. The summed E-state index contributed by atoms with van der Waals surface area (Å²) in [5.74, 6) is -0.957. The molecule has 0 bridgehead atoms. The molecule has 0 aromatic heterocycles. The topological polar surface area (TPSA) is 60.1 Å². The molecule has 0 unspecified atom stereocenters.